The van der Waals surface area contributed by atoms with E-state index in [2.05, 4.69) is 10.5 Å². The summed E-state index contributed by atoms with van der Waals surface area (Å²) in [7, 11) is 0. The molecule has 1 aliphatic heterocycles. The van der Waals surface area contributed by atoms with Crippen LogP contribution in [0.2, 0.25) is 0 Å². The number of nitrogens with zero attached hydrogens (tertiary/aromatic N) is 1. The lowest BCUT2D eigenvalue weighted by molar-refractivity contribution is -0.115. The SMILES string of the molecule is Cc1noc(C(C)C)c1C(=O)OCC(=O)c1ccc2c(c1)CC(=O)N2. The fourth-order valence-corrected chi connectivity index (χ4v) is 2.72. The second-order valence-corrected chi connectivity index (χ2v) is 6.26. The molecule has 2 heterocycles. The van der Waals surface area contributed by atoms with Crippen molar-refractivity contribution in [3.63, 3.8) is 0 Å². The predicted molar refractivity (Wildman–Crippen MR) is 88.7 cm³/mol. The van der Waals surface area contributed by atoms with Gasteiger partial charge in [-0.15, -0.1) is 0 Å². The van der Waals surface area contributed by atoms with Crippen LogP contribution in [0, 0.1) is 6.92 Å². The van der Waals surface area contributed by atoms with Crippen LogP contribution < -0.4 is 5.32 Å². The molecule has 1 N–H and O–H groups in total. The van der Waals surface area contributed by atoms with Crippen molar-refractivity contribution in [1.82, 2.24) is 5.16 Å². The zero-order chi connectivity index (χ0) is 18.1. The van der Waals surface area contributed by atoms with E-state index in [0.717, 1.165) is 5.56 Å². The fourth-order valence-electron chi connectivity index (χ4n) is 2.72. The Labute approximate surface area is 144 Å². The Bertz CT molecular complexity index is 866. The highest BCUT2D eigenvalue weighted by atomic mass is 16.5. The zero-order valence-electron chi connectivity index (χ0n) is 14.2. The number of nitrogens with one attached hydrogen (secondary N) is 1. The Morgan fingerprint density at radius 3 is 2.84 bits per heavy atom. The maximum atomic E-state index is 12.3. The third-order valence-corrected chi connectivity index (χ3v) is 4.00. The number of ketones is 1. The number of anilines is 1. The molecule has 1 amide bonds. The molecular weight excluding hydrogens is 324 g/mol. The second-order valence-electron chi connectivity index (χ2n) is 6.26. The number of aromatic nitrogens is 1. The first-order chi connectivity index (χ1) is 11.9. The highest BCUT2D eigenvalue weighted by Gasteiger charge is 2.25. The van der Waals surface area contributed by atoms with Crippen LogP contribution in [0.3, 0.4) is 0 Å². The minimum Gasteiger partial charge on any atom is -0.454 e. The van der Waals surface area contributed by atoms with Crippen LogP contribution in [-0.4, -0.2) is 29.4 Å². The number of ether oxygens (including phenoxy) is 1. The van der Waals surface area contributed by atoms with Crippen molar-refractivity contribution in [2.24, 2.45) is 0 Å². The van der Waals surface area contributed by atoms with E-state index in [-0.39, 0.29) is 36.2 Å². The lowest BCUT2D eigenvalue weighted by Gasteiger charge is -2.07. The van der Waals surface area contributed by atoms with Gasteiger partial charge in [-0.05, 0) is 30.7 Å². The van der Waals surface area contributed by atoms with Crippen molar-refractivity contribution in [2.75, 3.05) is 11.9 Å². The molecule has 1 aromatic heterocycles. The van der Waals surface area contributed by atoms with Gasteiger partial charge in [0, 0.05) is 17.2 Å². The van der Waals surface area contributed by atoms with Gasteiger partial charge in [0.05, 0.1) is 12.1 Å². The minimum atomic E-state index is -0.631. The van der Waals surface area contributed by atoms with Gasteiger partial charge in [-0.2, -0.15) is 0 Å². The molecule has 7 nitrogen and oxygen atoms in total. The predicted octanol–water partition coefficient (Wildman–Crippen LogP) is 2.64. The molecule has 0 bridgehead atoms. The smallest absolute Gasteiger partial charge is 0.344 e. The first-order valence-electron chi connectivity index (χ1n) is 7.96. The first-order valence-corrected chi connectivity index (χ1v) is 7.96. The van der Waals surface area contributed by atoms with Crippen molar-refractivity contribution in [3.8, 4) is 0 Å². The van der Waals surface area contributed by atoms with Gasteiger partial charge in [-0.3, -0.25) is 9.59 Å². The van der Waals surface area contributed by atoms with Crippen molar-refractivity contribution in [1.29, 1.82) is 0 Å². The number of benzene rings is 1. The van der Waals surface area contributed by atoms with Gasteiger partial charge in [0.2, 0.25) is 5.91 Å². The number of amides is 1. The number of carbonyl (C=O) groups excluding carboxylic acids is 3. The quantitative estimate of drug-likeness (QED) is 0.662. The highest BCUT2D eigenvalue weighted by Crippen LogP contribution is 2.25. The van der Waals surface area contributed by atoms with Crippen LogP contribution in [0.15, 0.2) is 22.7 Å². The molecule has 0 radical (unpaired) electrons. The molecule has 0 saturated heterocycles. The summed E-state index contributed by atoms with van der Waals surface area (Å²) in [6.45, 7) is 5.02. The Kier molecular flexibility index (Phi) is 4.39. The summed E-state index contributed by atoms with van der Waals surface area (Å²) >= 11 is 0. The number of hydrogen-bond acceptors (Lipinski definition) is 6. The lowest BCUT2D eigenvalue weighted by Crippen LogP contribution is -2.16. The minimum absolute atomic E-state index is 0.0267. The Hall–Kier alpha value is -2.96. The van der Waals surface area contributed by atoms with E-state index in [4.69, 9.17) is 9.26 Å². The van der Waals surface area contributed by atoms with Gasteiger partial charge < -0.3 is 14.6 Å². The lowest BCUT2D eigenvalue weighted by atomic mass is 10.0. The van der Waals surface area contributed by atoms with E-state index in [1.54, 1.807) is 25.1 Å². The molecule has 3 rings (SSSR count). The van der Waals surface area contributed by atoms with E-state index in [9.17, 15) is 14.4 Å². The van der Waals surface area contributed by atoms with Crippen LogP contribution in [0.1, 0.15) is 57.5 Å². The van der Waals surface area contributed by atoms with Gasteiger partial charge in [-0.25, -0.2) is 4.79 Å². The standard InChI is InChI=1S/C18H18N2O5/c1-9(2)17-16(10(3)20-25-17)18(23)24-8-14(21)11-4-5-13-12(6-11)7-15(22)19-13/h4-6,9H,7-8H2,1-3H3,(H,19,22). The summed E-state index contributed by atoms with van der Waals surface area (Å²) in [5.41, 5.74) is 2.57. The number of hydrogen-bond donors (Lipinski definition) is 1. The number of esters is 1. The molecule has 0 atom stereocenters. The number of carbonyl (C=O) groups is 3. The van der Waals surface area contributed by atoms with Gasteiger partial charge in [0.1, 0.15) is 5.56 Å². The third kappa shape index (κ3) is 3.31. The maximum Gasteiger partial charge on any atom is 0.344 e. The molecule has 1 aromatic carbocycles. The summed E-state index contributed by atoms with van der Waals surface area (Å²) in [6, 6.07) is 4.93. The highest BCUT2D eigenvalue weighted by molar-refractivity contribution is 6.03. The average Bonchev–Trinajstić information content (AvgIpc) is 3.13. The van der Waals surface area contributed by atoms with Crippen LogP contribution in [-0.2, 0) is 16.0 Å². The molecule has 7 heteroatoms. The van der Waals surface area contributed by atoms with E-state index < -0.39 is 5.97 Å². The van der Waals surface area contributed by atoms with Crippen molar-refractivity contribution in [2.45, 2.75) is 33.1 Å². The summed E-state index contributed by atoms with van der Waals surface area (Å²) in [5.74, 6) is -0.655. The van der Waals surface area contributed by atoms with E-state index in [1.165, 1.54) is 0 Å². The summed E-state index contributed by atoms with van der Waals surface area (Å²) in [4.78, 5) is 35.9. The number of rotatable bonds is 5. The average molecular weight is 342 g/mol. The van der Waals surface area contributed by atoms with Crippen molar-refractivity contribution < 1.29 is 23.6 Å². The monoisotopic (exact) mass is 342 g/mol. The number of aryl methyl sites for hydroxylation is 1. The largest absolute Gasteiger partial charge is 0.454 e. The van der Waals surface area contributed by atoms with Gasteiger partial charge in [0.15, 0.2) is 18.2 Å². The van der Waals surface area contributed by atoms with E-state index in [1.807, 2.05) is 13.8 Å². The maximum absolute atomic E-state index is 12.3. The van der Waals surface area contributed by atoms with E-state index >= 15 is 0 Å². The first kappa shape index (κ1) is 16.9. The molecule has 0 unspecified atom stereocenters. The van der Waals surface area contributed by atoms with Gasteiger partial charge >= 0.3 is 5.97 Å². The topological polar surface area (TPSA) is 98.5 Å². The van der Waals surface area contributed by atoms with Gasteiger partial charge in [0.25, 0.3) is 0 Å². The molecule has 1 aliphatic rings. The van der Waals surface area contributed by atoms with E-state index in [0.29, 0.717) is 22.7 Å². The Morgan fingerprint density at radius 2 is 2.12 bits per heavy atom. The Morgan fingerprint density at radius 1 is 1.36 bits per heavy atom. The summed E-state index contributed by atoms with van der Waals surface area (Å²) in [6.07, 6.45) is 0.244. The number of Topliss-reactive ketones (excluding diaryl/α,β-unsaturated/α-hetero) is 1. The molecule has 25 heavy (non-hydrogen) atoms. The number of fused-ring (bicyclic) bond motifs is 1. The molecule has 130 valence electrons. The summed E-state index contributed by atoms with van der Waals surface area (Å²) < 4.78 is 10.3. The fraction of sp³-hybridized carbons (Fsp3) is 0.333. The molecule has 2 aromatic rings. The molecule has 0 fully saturated rings. The van der Waals surface area contributed by atoms with Crippen LogP contribution in [0.25, 0.3) is 0 Å². The van der Waals surface area contributed by atoms with Crippen LogP contribution >= 0.6 is 0 Å². The molecule has 0 aliphatic carbocycles. The normalized spacial score (nSPS) is 12.9. The van der Waals surface area contributed by atoms with Crippen molar-refractivity contribution in [3.05, 3.63) is 46.3 Å². The van der Waals surface area contributed by atoms with Gasteiger partial charge in [-0.1, -0.05) is 19.0 Å². The molecule has 0 spiro atoms. The third-order valence-electron chi connectivity index (χ3n) is 4.00. The summed E-state index contributed by atoms with van der Waals surface area (Å²) in [5, 5.41) is 6.49. The van der Waals surface area contributed by atoms with Crippen LogP contribution in [0.5, 0.6) is 0 Å². The molecule has 0 saturated carbocycles. The van der Waals surface area contributed by atoms with Crippen LogP contribution in [0.4, 0.5) is 5.69 Å². The van der Waals surface area contributed by atoms with Crippen molar-refractivity contribution >= 4 is 23.3 Å². The zero-order valence-corrected chi connectivity index (χ0v) is 14.2. The molecular formula is C18H18N2O5. The second kappa shape index (κ2) is 6.51. The Balaban J connectivity index is 1.69.